The largest absolute Gasteiger partial charge is 0.351 e. The molecule has 0 saturated carbocycles. The molecule has 0 unspecified atom stereocenters. The highest BCUT2D eigenvalue weighted by atomic mass is 79.9. The Morgan fingerprint density at radius 3 is 2.68 bits per heavy atom. The van der Waals surface area contributed by atoms with Crippen LogP contribution in [0.25, 0.3) is 0 Å². The number of hydrogen-bond acceptors (Lipinski definition) is 4. The molecule has 2 rings (SSSR count). The number of nitrogens with two attached hydrogens (primary N) is 1. The van der Waals surface area contributed by atoms with Crippen molar-refractivity contribution in [2.24, 2.45) is 5.73 Å². The number of carbonyl (C=O) groups is 4. The molecule has 1 aliphatic heterocycles. The number of amides is 6. The smallest absolute Gasteiger partial charge is 0.325 e. The molecule has 0 bridgehead atoms. The molecule has 116 valence electrons. The van der Waals surface area contributed by atoms with Crippen molar-refractivity contribution in [1.82, 2.24) is 15.5 Å². The monoisotopic (exact) mass is 368 g/mol. The molecule has 0 spiro atoms. The Kier molecular flexibility index (Phi) is 4.18. The van der Waals surface area contributed by atoms with Crippen molar-refractivity contribution in [2.75, 3.05) is 6.54 Å². The van der Waals surface area contributed by atoms with E-state index in [9.17, 15) is 19.2 Å². The van der Waals surface area contributed by atoms with Crippen molar-refractivity contribution in [3.8, 4) is 0 Å². The van der Waals surface area contributed by atoms with E-state index in [0.717, 1.165) is 9.37 Å². The lowest BCUT2D eigenvalue weighted by Gasteiger charge is -2.22. The number of hydrogen-bond donors (Lipinski definition) is 3. The van der Waals surface area contributed by atoms with E-state index in [1.165, 1.54) is 0 Å². The Hall–Kier alpha value is -2.42. The van der Waals surface area contributed by atoms with Crippen molar-refractivity contribution in [3.05, 3.63) is 34.3 Å². The second-order valence-electron chi connectivity index (χ2n) is 4.87. The second-order valence-corrected chi connectivity index (χ2v) is 5.78. The van der Waals surface area contributed by atoms with Gasteiger partial charge in [0.2, 0.25) is 5.91 Å². The van der Waals surface area contributed by atoms with Crippen LogP contribution >= 0.6 is 15.9 Å². The molecule has 1 atom stereocenters. The van der Waals surface area contributed by atoms with Crippen LogP contribution in [0, 0.1) is 0 Å². The molecule has 0 aromatic heterocycles. The molecular weight excluding hydrogens is 356 g/mol. The van der Waals surface area contributed by atoms with Gasteiger partial charge in [0.05, 0.1) is 0 Å². The fourth-order valence-corrected chi connectivity index (χ4v) is 2.56. The number of primary amides is 1. The maximum atomic E-state index is 12.5. The fraction of sp³-hybridized carbons (Fsp3) is 0.231. The molecule has 1 aliphatic rings. The number of rotatable bonds is 3. The average molecular weight is 369 g/mol. The number of carbonyl (C=O) groups excluding carboxylic acids is 4. The van der Waals surface area contributed by atoms with Gasteiger partial charge in [0.15, 0.2) is 0 Å². The van der Waals surface area contributed by atoms with Gasteiger partial charge in [-0.1, -0.05) is 28.1 Å². The molecular formula is C13H13BrN4O4. The minimum absolute atomic E-state index is 0.568. The van der Waals surface area contributed by atoms with E-state index in [1.54, 1.807) is 36.5 Å². The van der Waals surface area contributed by atoms with Gasteiger partial charge in [0.25, 0.3) is 5.91 Å². The summed E-state index contributed by atoms with van der Waals surface area (Å²) < 4.78 is 0.748. The van der Waals surface area contributed by atoms with Gasteiger partial charge in [-0.3, -0.25) is 19.8 Å². The average Bonchev–Trinajstić information content (AvgIpc) is 2.63. The molecule has 4 N–H and O–H groups in total. The predicted octanol–water partition coefficient (Wildman–Crippen LogP) is 0.411. The van der Waals surface area contributed by atoms with Gasteiger partial charge in [-0.25, -0.2) is 9.59 Å². The molecule has 1 saturated heterocycles. The standard InChI is InChI=1S/C13H13BrN4O4/c1-13(7-3-2-4-8(14)5-7)10(20)18(12(22)17-13)6-9(19)16-11(15)21/h2-5H,6H2,1H3,(H,17,22)(H3,15,16,19,21)/t13-/m0/s1. The van der Waals surface area contributed by atoms with E-state index in [-0.39, 0.29) is 0 Å². The van der Waals surface area contributed by atoms with Gasteiger partial charge in [-0.2, -0.15) is 0 Å². The molecule has 1 heterocycles. The molecule has 1 fully saturated rings. The number of nitrogens with zero attached hydrogens (tertiary/aromatic N) is 1. The van der Waals surface area contributed by atoms with Crippen molar-refractivity contribution < 1.29 is 19.2 Å². The number of urea groups is 2. The van der Waals surface area contributed by atoms with Crippen LogP contribution < -0.4 is 16.4 Å². The minimum Gasteiger partial charge on any atom is -0.351 e. The summed E-state index contributed by atoms with van der Waals surface area (Å²) in [6.07, 6.45) is 0. The lowest BCUT2D eigenvalue weighted by atomic mass is 9.92. The molecule has 0 radical (unpaired) electrons. The third kappa shape index (κ3) is 2.93. The number of halogens is 1. The fourth-order valence-electron chi connectivity index (χ4n) is 2.16. The lowest BCUT2D eigenvalue weighted by molar-refractivity contribution is -0.134. The first-order valence-corrected chi connectivity index (χ1v) is 7.03. The Bertz CT molecular complexity index is 678. The maximum absolute atomic E-state index is 12.5. The summed E-state index contributed by atoms with van der Waals surface area (Å²) in [4.78, 5) is 47.3. The minimum atomic E-state index is -1.28. The summed E-state index contributed by atoms with van der Waals surface area (Å²) in [5.74, 6) is -1.43. The van der Waals surface area contributed by atoms with Crippen molar-refractivity contribution in [3.63, 3.8) is 0 Å². The van der Waals surface area contributed by atoms with Crippen molar-refractivity contribution in [2.45, 2.75) is 12.5 Å². The van der Waals surface area contributed by atoms with E-state index >= 15 is 0 Å². The number of nitrogens with one attached hydrogen (secondary N) is 2. The van der Waals surface area contributed by atoms with E-state index in [2.05, 4.69) is 21.2 Å². The molecule has 1 aromatic carbocycles. The van der Waals surface area contributed by atoms with E-state index in [4.69, 9.17) is 5.73 Å². The number of benzene rings is 1. The summed E-state index contributed by atoms with van der Waals surface area (Å²) in [6, 6.07) is 5.14. The van der Waals surface area contributed by atoms with E-state index < -0.39 is 36.0 Å². The summed E-state index contributed by atoms with van der Waals surface area (Å²) >= 11 is 3.30. The quantitative estimate of drug-likeness (QED) is 0.668. The Morgan fingerprint density at radius 1 is 1.41 bits per heavy atom. The van der Waals surface area contributed by atoms with Gasteiger partial charge >= 0.3 is 12.1 Å². The predicted molar refractivity (Wildman–Crippen MR) is 79.5 cm³/mol. The van der Waals surface area contributed by atoms with Gasteiger partial charge in [0.1, 0.15) is 12.1 Å². The number of imide groups is 2. The highest BCUT2D eigenvalue weighted by Crippen LogP contribution is 2.30. The summed E-state index contributed by atoms with van der Waals surface area (Å²) in [5.41, 5.74) is 4.10. The van der Waals surface area contributed by atoms with Crippen molar-refractivity contribution in [1.29, 1.82) is 0 Å². The molecule has 9 heteroatoms. The third-order valence-corrected chi connectivity index (χ3v) is 3.73. The van der Waals surface area contributed by atoms with Crippen LogP contribution in [-0.2, 0) is 15.1 Å². The lowest BCUT2D eigenvalue weighted by Crippen LogP contribution is -2.45. The zero-order chi connectivity index (χ0) is 16.5. The SMILES string of the molecule is C[C@@]1(c2cccc(Br)c2)NC(=O)N(CC(=O)NC(N)=O)C1=O. The molecule has 22 heavy (non-hydrogen) atoms. The van der Waals surface area contributed by atoms with Crippen LogP contribution in [0.1, 0.15) is 12.5 Å². The van der Waals surface area contributed by atoms with Crippen LogP contribution in [0.4, 0.5) is 9.59 Å². The highest BCUT2D eigenvalue weighted by Gasteiger charge is 2.49. The maximum Gasteiger partial charge on any atom is 0.325 e. The molecule has 0 aliphatic carbocycles. The van der Waals surface area contributed by atoms with Crippen LogP contribution in [0.3, 0.4) is 0 Å². The Balaban J connectivity index is 2.24. The zero-order valence-corrected chi connectivity index (χ0v) is 13.1. The van der Waals surface area contributed by atoms with Crippen LogP contribution in [0.5, 0.6) is 0 Å². The van der Waals surface area contributed by atoms with E-state index in [0.29, 0.717) is 5.56 Å². The summed E-state index contributed by atoms with van der Waals surface area (Å²) in [7, 11) is 0. The van der Waals surface area contributed by atoms with Crippen LogP contribution in [0.15, 0.2) is 28.7 Å². The van der Waals surface area contributed by atoms with Crippen molar-refractivity contribution >= 4 is 39.8 Å². The summed E-state index contributed by atoms with van der Waals surface area (Å²) in [5, 5.41) is 4.36. The van der Waals surface area contributed by atoms with Gasteiger partial charge in [-0.05, 0) is 24.6 Å². The highest BCUT2D eigenvalue weighted by molar-refractivity contribution is 9.10. The Labute approximate surface area is 134 Å². The van der Waals surface area contributed by atoms with Gasteiger partial charge < -0.3 is 11.1 Å². The second kappa shape index (κ2) is 5.76. The van der Waals surface area contributed by atoms with Gasteiger partial charge in [0, 0.05) is 4.47 Å². The van der Waals surface area contributed by atoms with Crippen LogP contribution in [0.2, 0.25) is 0 Å². The zero-order valence-electron chi connectivity index (χ0n) is 11.6. The topological polar surface area (TPSA) is 122 Å². The first kappa shape index (κ1) is 16.0. The Morgan fingerprint density at radius 2 is 2.09 bits per heavy atom. The third-order valence-electron chi connectivity index (χ3n) is 3.24. The molecule has 1 aromatic rings. The molecule has 8 nitrogen and oxygen atoms in total. The van der Waals surface area contributed by atoms with Crippen LogP contribution in [-0.4, -0.2) is 35.3 Å². The summed E-state index contributed by atoms with van der Waals surface area (Å²) in [6.45, 7) is 0.957. The van der Waals surface area contributed by atoms with E-state index in [1.807, 2.05) is 0 Å². The van der Waals surface area contributed by atoms with Gasteiger partial charge in [-0.15, -0.1) is 0 Å². The normalized spacial score (nSPS) is 20.7. The first-order chi connectivity index (χ1) is 10.2. The first-order valence-electron chi connectivity index (χ1n) is 6.23. The molecule has 6 amide bonds.